The first-order valence-corrected chi connectivity index (χ1v) is 12.8. The van der Waals surface area contributed by atoms with Crippen LogP contribution in [0.5, 0.6) is 0 Å². The lowest BCUT2D eigenvalue weighted by atomic mass is 9.86. The number of nitrogens with zero attached hydrogens (tertiary/aromatic N) is 2. The lowest BCUT2D eigenvalue weighted by Gasteiger charge is -2.30. The molecular formula is C23H33N3O4S. The predicted molar refractivity (Wildman–Crippen MR) is 119 cm³/mol. The van der Waals surface area contributed by atoms with E-state index in [4.69, 9.17) is 0 Å². The molecule has 1 saturated heterocycles. The molecular weight excluding hydrogens is 414 g/mol. The van der Waals surface area contributed by atoms with E-state index in [-0.39, 0.29) is 29.3 Å². The maximum Gasteiger partial charge on any atom is 0.243 e. The number of carbonyl (C=O) groups excluding carboxylic acids is 2. The highest BCUT2D eigenvalue weighted by Crippen LogP contribution is 2.43. The highest BCUT2D eigenvalue weighted by molar-refractivity contribution is 7.89. The van der Waals surface area contributed by atoms with E-state index >= 15 is 0 Å². The van der Waals surface area contributed by atoms with E-state index in [0.29, 0.717) is 30.3 Å². The van der Waals surface area contributed by atoms with Gasteiger partial charge in [-0.25, -0.2) is 8.42 Å². The molecule has 2 fully saturated rings. The summed E-state index contributed by atoms with van der Waals surface area (Å²) in [6, 6.07) is 5.09. The number of rotatable bonds is 5. The van der Waals surface area contributed by atoms with Crippen molar-refractivity contribution in [1.82, 2.24) is 9.62 Å². The summed E-state index contributed by atoms with van der Waals surface area (Å²) in [6.07, 6.45) is 6.11. The topological polar surface area (TPSA) is 86.8 Å². The molecule has 0 spiro atoms. The van der Waals surface area contributed by atoms with E-state index in [1.54, 1.807) is 36.4 Å². The Bertz CT molecular complexity index is 983. The second-order valence-corrected chi connectivity index (χ2v) is 11.8. The van der Waals surface area contributed by atoms with Gasteiger partial charge in [0.05, 0.1) is 10.3 Å². The number of amides is 2. The van der Waals surface area contributed by atoms with E-state index in [1.165, 1.54) is 4.90 Å². The molecule has 3 aliphatic rings. The molecule has 1 N–H and O–H groups in total. The number of carbonyl (C=O) groups is 2. The predicted octanol–water partition coefficient (Wildman–Crippen LogP) is 2.79. The number of anilines is 1. The number of benzene rings is 1. The zero-order valence-corrected chi connectivity index (χ0v) is 19.5. The van der Waals surface area contributed by atoms with Gasteiger partial charge in [0.25, 0.3) is 0 Å². The van der Waals surface area contributed by atoms with Crippen LogP contribution < -0.4 is 10.2 Å². The molecule has 1 aliphatic carbocycles. The van der Waals surface area contributed by atoms with Crippen LogP contribution in [0.1, 0.15) is 64.9 Å². The SMILES string of the molecule is C[C@@H]1CCCN(S(=O)(=O)c2ccc3c(c2)C(C)(C)C(=O)N3CC(=O)NC2CCCC2)C1. The van der Waals surface area contributed by atoms with Crippen molar-refractivity contribution in [3.63, 3.8) is 0 Å². The largest absolute Gasteiger partial charge is 0.352 e. The van der Waals surface area contributed by atoms with Crippen molar-refractivity contribution >= 4 is 27.5 Å². The molecule has 7 nitrogen and oxygen atoms in total. The highest BCUT2D eigenvalue weighted by atomic mass is 32.2. The van der Waals surface area contributed by atoms with Gasteiger partial charge in [0, 0.05) is 24.8 Å². The number of hydrogen-bond acceptors (Lipinski definition) is 4. The normalized spacial score (nSPS) is 24.4. The maximum atomic E-state index is 13.2. The summed E-state index contributed by atoms with van der Waals surface area (Å²) in [5.74, 6) is -0.00189. The van der Waals surface area contributed by atoms with Gasteiger partial charge in [0.1, 0.15) is 6.54 Å². The first kappa shape index (κ1) is 22.3. The minimum Gasteiger partial charge on any atom is -0.352 e. The quantitative estimate of drug-likeness (QED) is 0.752. The Hall–Kier alpha value is -1.93. The molecule has 8 heteroatoms. The summed E-state index contributed by atoms with van der Waals surface area (Å²) < 4.78 is 28.0. The Morgan fingerprint density at radius 1 is 1.16 bits per heavy atom. The van der Waals surface area contributed by atoms with Gasteiger partial charge in [0.2, 0.25) is 21.8 Å². The van der Waals surface area contributed by atoms with Crippen LogP contribution in [0.15, 0.2) is 23.1 Å². The maximum absolute atomic E-state index is 13.2. The van der Waals surface area contributed by atoms with Crippen molar-refractivity contribution in [2.75, 3.05) is 24.5 Å². The van der Waals surface area contributed by atoms with Crippen molar-refractivity contribution in [3.8, 4) is 0 Å². The summed E-state index contributed by atoms with van der Waals surface area (Å²) >= 11 is 0. The Morgan fingerprint density at radius 2 is 1.87 bits per heavy atom. The molecule has 1 aromatic rings. The first-order chi connectivity index (χ1) is 14.6. The van der Waals surface area contributed by atoms with Gasteiger partial charge in [-0.05, 0) is 69.2 Å². The van der Waals surface area contributed by atoms with E-state index in [1.807, 2.05) is 0 Å². The standard InChI is InChI=1S/C23H33N3O4S/c1-16-7-6-12-25(14-16)31(29,30)18-10-11-20-19(13-18)23(2,3)22(28)26(20)15-21(27)24-17-8-4-5-9-17/h10-11,13,16-17H,4-9,12,14-15H2,1-3H3,(H,24,27)/t16-/m1/s1. The van der Waals surface area contributed by atoms with Crippen LogP contribution in [0.4, 0.5) is 5.69 Å². The van der Waals surface area contributed by atoms with Crippen molar-refractivity contribution in [1.29, 1.82) is 0 Å². The van der Waals surface area contributed by atoms with E-state index < -0.39 is 15.4 Å². The Morgan fingerprint density at radius 3 is 2.55 bits per heavy atom. The van der Waals surface area contributed by atoms with Crippen LogP contribution >= 0.6 is 0 Å². The third kappa shape index (κ3) is 4.12. The molecule has 170 valence electrons. The average molecular weight is 448 g/mol. The van der Waals surface area contributed by atoms with Crippen LogP contribution in [0, 0.1) is 5.92 Å². The van der Waals surface area contributed by atoms with Crippen molar-refractivity contribution in [2.24, 2.45) is 5.92 Å². The smallest absolute Gasteiger partial charge is 0.243 e. The summed E-state index contributed by atoms with van der Waals surface area (Å²) in [5.41, 5.74) is 0.406. The third-order valence-corrected chi connectivity index (χ3v) is 8.85. The Labute approximate surface area is 185 Å². The van der Waals surface area contributed by atoms with Gasteiger partial charge in [-0.15, -0.1) is 0 Å². The number of hydrogen-bond donors (Lipinski definition) is 1. The molecule has 2 heterocycles. The van der Waals surface area contributed by atoms with Crippen molar-refractivity contribution in [2.45, 2.75) is 75.6 Å². The van der Waals surface area contributed by atoms with Gasteiger partial charge in [-0.2, -0.15) is 4.31 Å². The van der Waals surface area contributed by atoms with Crippen LogP contribution in [0.25, 0.3) is 0 Å². The molecule has 0 aromatic heterocycles. The molecule has 31 heavy (non-hydrogen) atoms. The Balaban J connectivity index is 1.59. The molecule has 0 bridgehead atoms. The van der Waals surface area contributed by atoms with Crippen LogP contribution in [0.3, 0.4) is 0 Å². The average Bonchev–Trinajstić information content (AvgIpc) is 3.29. The van der Waals surface area contributed by atoms with Gasteiger partial charge in [-0.3, -0.25) is 9.59 Å². The molecule has 0 unspecified atom stereocenters. The van der Waals surface area contributed by atoms with Crippen molar-refractivity contribution < 1.29 is 18.0 Å². The van der Waals surface area contributed by atoms with Gasteiger partial charge in [-0.1, -0.05) is 19.8 Å². The number of sulfonamides is 1. The molecule has 1 saturated carbocycles. The third-order valence-electron chi connectivity index (χ3n) is 6.99. The minimum absolute atomic E-state index is 0.0402. The molecule has 2 aliphatic heterocycles. The second kappa shape index (κ2) is 8.20. The van der Waals surface area contributed by atoms with Gasteiger partial charge in [0.15, 0.2) is 0 Å². The fourth-order valence-corrected chi connectivity index (χ4v) is 6.76. The monoisotopic (exact) mass is 447 g/mol. The lowest BCUT2D eigenvalue weighted by molar-refractivity contribution is -0.125. The van der Waals surface area contributed by atoms with E-state index in [9.17, 15) is 18.0 Å². The zero-order valence-electron chi connectivity index (χ0n) is 18.7. The van der Waals surface area contributed by atoms with E-state index in [2.05, 4.69) is 12.2 Å². The summed E-state index contributed by atoms with van der Waals surface area (Å²) in [5, 5.41) is 3.03. The van der Waals surface area contributed by atoms with Crippen LogP contribution in [-0.2, 0) is 25.0 Å². The van der Waals surface area contributed by atoms with Gasteiger partial charge < -0.3 is 10.2 Å². The first-order valence-electron chi connectivity index (χ1n) is 11.4. The molecule has 1 atom stereocenters. The molecule has 4 rings (SSSR count). The second-order valence-electron chi connectivity index (χ2n) is 9.85. The van der Waals surface area contributed by atoms with Crippen LogP contribution in [0.2, 0.25) is 0 Å². The summed E-state index contributed by atoms with van der Waals surface area (Å²) in [4.78, 5) is 27.4. The minimum atomic E-state index is -3.62. The van der Waals surface area contributed by atoms with Gasteiger partial charge >= 0.3 is 0 Å². The number of fused-ring (bicyclic) bond motifs is 1. The number of piperidine rings is 1. The van der Waals surface area contributed by atoms with E-state index in [0.717, 1.165) is 38.5 Å². The summed E-state index contributed by atoms with van der Waals surface area (Å²) in [7, 11) is -3.62. The fraction of sp³-hybridized carbons (Fsp3) is 0.652. The fourth-order valence-electron chi connectivity index (χ4n) is 5.13. The number of nitrogens with one attached hydrogen (secondary N) is 1. The highest BCUT2D eigenvalue weighted by Gasteiger charge is 2.45. The van der Waals surface area contributed by atoms with Crippen molar-refractivity contribution in [3.05, 3.63) is 23.8 Å². The molecule has 0 radical (unpaired) electrons. The Kier molecular flexibility index (Phi) is 5.89. The van der Waals surface area contributed by atoms with Crippen LogP contribution in [-0.4, -0.2) is 50.2 Å². The summed E-state index contributed by atoms with van der Waals surface area (Å²) in [6.45, 7) is 6.67. The molecule has 2 amide bonds. The zero-order chi connectivity index (χ0) is 22.4. The lowest BCUT2D eigenvalue weighted by Crippen LogP contribution is -2.44. The molecule has 1 aromatic carbocycles.